The van der Waals surface area contributed by atoms with Crippen LogP contribution in [0.5, 0.6) is 0 Å². The van der Waals surface area contributed by atoms with Crippen molar-refractivity contribution < 1.29 is 14.0 Å². The Morgan fingerprint density at radius 1 is 1.33 bits per heavy atom. The molecule has 0 fully saturated rings. The van der Waals surface area contributed by atoms with Crippen molar-refractivity contribution in [1.82, 2.24) is 0 Å². The Hall–Kier alpha value is -0.453. The molecule has 0 aliphatic carbocycles. The largest absolute Gasteiger partial charge is 0.417 e. The first kappa shape index (κ1) is 17.5. The fraction of sp³-hybridized carbons (Fsp3) is 0.786. The zero-order valence-electron chi connectivity index (χ0n) is 12.9. The molecule has 0 saturated heterocycles. The molecule has 0 unspecified atom stereocenters. The first-order valence-electron chi connectivity index (χ1n) is 6.44. The van der Waals surface area contributed by atoms with Gasteiger partial charge >= 0.3 is 0 Å². The van der Waals surface area contributed by atoms with Crippen LogP contribution < -0.4 is 0 Å². The van der Waals surface area contributed by atoms with Gasteiger partial charge in [-0.2, -0.15) is 0 Å². The highest BCUT2D eigenvalue weighted by molar-refractivity contribution is 6.74. The number of rotatable bonds is 7. The Balaban J connectivity index is 4.29. The van der Waals surface area contributed by atoms with E-state index in [0.717, 1.165) is 12.7 Å². The van der Waals surface area contributed by atoms with Crippen LogP contribution in [0.4, 0.5) is 0 Å². The summed E-state index contributed by atoms with van der Waals surface area (Å²) in [5.41, 5.74) is 0.703. The molecule has 0 aliphatic rings. The average Bonchev–Trinajstić information content (AvgIpc) is 2.25. The van der Waals surface area contributed by atoms with Crippen LogP contribution in [-0.2, 0) is 14.0 Å². The second kappa shape index (κ2) is 7.21. The van der Waals surface area contributed by atoms with Gasteiger partial charge in [-0.15, -0.1) is 0 Å². The zero-order chi connectivity index (χ0) is 14.4. The molecule has 0 aliphatic heterocycles. The Morgan fingerprint density at radius 3 is 2.28 bits per heavy atom. The maximum absolute atomic E-state index is 10.6. The predicted octanol–water partition coefficient (Wildman–Crippen LogP) is 3.56. The van der Waals surface area contributed by atoms with Crippen molar-refractivity contribution in [3.8, 4) is 0 Å². The third kappa shape index (κ3) is 5.93. The summed E-state index contributed by atoms with van der Waals surface area (Å²) in [6.07, 6.45) is 3.44. The zero-order valence-corrected chi connectivity index (χ0v) is 13.9. The minimum atomic E-state index is -1.68. The van der Waals surface area contributed by atoms with Gasteiger partial charge in [0.15, 0.2) is 8.32 Å². The van der Waals surface area contributed by atoms with Gasteiger partial charge in [0.2, 0.25) is 0 Å². The first-order valence-corrected chi connectivity index (χ1v) is 9.35. The summed E-state index contributed by atoms with van der Waals surface area (Å²) in [4.78, 5) is 10.6. The molecule has 0 radical (unpaired) electrons. The van der Waals surface area contributed by atoms with Crippen LogP contribution in [0, 0.1) is 0 Å². The molecule has 0 spiro atoms. The molecule has 18 heavy (non-hydrogen) atoms. The minimum Gasteiger partial charge on any atom is -0.417 e. The Bertz CT molecular complexity index is 290. The maximum atomic E-state index is 10.6. The highest BCUT2D eigenvalue weighted by atomic mass is 28.4. The van der Waals surface area contributed by atoms with Crippen molar-refractivity contribution >= 4 is 14.6 Å². The molecule has 106 valence electrons. The number of hydrogen-bond acceptors (Lipinski definition) is 3. The first-order chi connectivity index (χ1) is 8.14. The Morgan fingerprint density at radius 2 is 1.89 bits per heavy atom. The van der Waals surface area contributed by atoms with E-state index < -0.39 is 8.32 Å². The molecule has 0 heterocycles. The molecule has 0 aromatic rings. The standard InChI is InChI=1S/C14H28O3Si/c1-12(11-15)10-13(16-5)8-9-17-18(6,7)14(2,3)4/h10-11,13H,8-9H2,1-7H3/b12-10+/t13-/m0/s1. The van der Waals surface area contributed by atoms with E-state index >= 15 is 0 Å². The van der Waals surface area contributed by atoms with E-state index in [2.05, 4.69) is 33.9 Å². The van der Waals surface area contributed by atoms with Crippen LogP contribution >= 0.6 is 0 Å². The SMILES string of the molecule is CO[C@H](/C=C(\C)C=O)CCO[Si](C)(C)C(C)(C)C. The van der Waals surface area contributed by atoms with E-state index in [0.29, 0.717) is 12.2 Å². The van der Waals surface area contributed by atoms with Crippen LogP contribution in [0.3, 0.4) is 0 Å². The van der Waals surface area contributed by atoms with Gasteiger partial charge in [0.05, 0.1) is 6.10 Å². The van der Waals surface area contributed by atoms with Gasteiger partial charge in [-0.25, -0.2) is 0 Å². The molecule has 0 rings (SSSR count). The van der Waals surface area contributed by atoms with Gasteiger partial charge in [-0.3, -0.25) is 4.79 Å². The highest BCUT2D eigenvalue weighted by Crippen LogP contribution is 2.36. The second-order valence-corrected chi connectivity index (χ2v) is 11.0. The topological polar surface area (TPSA) is 35.5 Å². The number of carbonyl (C=O) groups is 1. The van der Waals surface area contributed by atoms with Crippen molar-refractivity contribution in [1.29, 1.82) is 0 Å². The van der Waals surface area contributed by atoms with Gasteiger partial charge in [-0.05, 0) is 43.1 Å². The summed E-state index contributed by atoms with van der Waals surface area (Å²) in [5.74, 6) is 0. The van der Waals surface area contributed by atoms with Gasteiger partial charge < -0.3 is 9.16 Å². The quantitative estimate of drug-likeness (QED) is 0.404. The summed E-state index contributed by atoms with van der Waals surface area (Å²) >= 11 is 0. The highest BCUT2D eigenvalue weighted by Gasteiger charge is 2.36. The van der Waals surface area contributed by atoms with E-state index in [-0.39, 0.29) is 11.1 Å². The lowest BCUT2D eigenvalue weighted by Crippen LogP contribution is -2.41. The lowest BCUT2D eigenvalue weighted by Gasteiger charge is -2.36. The third-order valence-electron chi connectivity index (χ3n) is 3.61. The predicted molar refractivity (Wildman–Crippen MR) is 78.4 cm³/mol. The normalized spacial score (nSPS) is 15.6. The number of methoxy groups -OCH3 is 1. The fourth-order valence-corrected chi connectivity index (χ4v) is 2.31. The average molecular weight is 272 g/mol. The summed E-state index contributed by atoms with van der Waals surface area (Å²) in [6, 6.07) is 0. The van der Waals surface area contributed by atoms with Crippen molar-refractivity contribution in [3.05, 3.63) is 11.6 Å². The van der Waals surface area contributed by atoms with Crippen molar-refractivity contribution in [3.63, 3.8) is 0 Å². The van der Waals surface area contributed by atoms with Crippen LogP contribution in [0.25, 0.3) is 0 Å². The van der Waals surface area contributed by atoms with Crippen LogP contribution in [-0.4, -0.2) is 34.4 Å². The van der Waals surface area contributed by atoms with Crippen LogP contribution in [0.2, 0.25) is 18.1 Å². The van der Waals surface area contributed by atoms with E-state index in [1.807, 2.05) is 6.08 Å². The van der Waals surface area contributed by atoms with E-state index in [4.69, 9.17) is 9.16 Å². The number of hydrogen-bond donors (Lipinski definition) is 0. The van der Waals surface area contributed by atoms with E-state index in [1.165, 1.54) is 0 Å². The monoisotopic (exact) mass is 272 g/mol. The smallest absolute Gasteiger partial charge is 0.191 e. The van der Waals surface area contributed by atoms with E-state index in [9.17, 15) is 4.79 Å². The van der Waals surface area contributed by atoms with Gasteiger partial charge in [0.25, 0.3) is 0 Å². The number of carbonyl (C=O) groups excluding carboxylic acids is 1. The number of allylic oxidation sites excluding steroid dienone is 1. The molecule has 1 atom stereocenters. The molecule has 0 amide bonds. The lowest BCUT2D eigenvalue weighted by atomic mass is 10.2. The second-order valence-electron chi connectivity index (χ2n) is 6.20. The minimum absolute atomic E-state index is 0.0417. The maximum Gasteiger partial charge on any atom is 0.191 e. The Kier molecular flexibility index (Phi) is 7.03. The molecule has 0 aromatic heterocycles. The van der Waals surface area contributed by atoms with Crippen molar-refractivity contribution in [2.24, 2.45) is 0 Å². The van der Waals surface area contributed by atoms with Gasteiger partial charge in [0, 0.05) is 13.7 Å². The molecule has 0 bridgehead atoms. The van der Waals surface area contributed by atoms with E-state index in [1.54, 1.807) is 14.0 Å². The molecule has 0 aromatic carbocycles. The molecule has 0 N–H and O–H groups in total. The number of ether oxygens (including phenoxy) is 1. The van der Waals surface area contributed by atoms with Gasteiger partial charge in [0.1, 0.15) is 6.29 Å². The summed E-state index contributed by atoms with van der Waals surface area (Å²) in [6.45, 7) is 13.6. The van der Waals surface area contributed by atoms with Crippen LogP contribution in [0.15, 0.2) is 11.6 Å². The summed E-state index contributed by atoms with van der Waals surface area (Å²) in [5, 5.41) is 0.226. The molecule has 4 heteroatoms. The van der Waals surface area contributed by atoms with Gasteiger partial charge in [-0.1, -0.05) is 20.8 Å². The fourth-order valence-electron chi connectivity index (χ4n) is 1.25. The third-order valence-corrected chi connectivity index (χ3v) is 8.15. The summed E-state index contributed by atoms with van der Waals surface area (Å²) in [7, 11) is -0.0202. The lowest BCUT2D eigenvalue weighted by molar-refractivity contribution is -0.104. The van der Waals surface area contributed by atoms with Crippen molar-refractivity contribution in [2.45, 2.75) is 58.4 Å². The molecular formula is C14H28O3Si. The summed E-state index contributed by atoms with van der Waals surface area (Å²) < 4.78 is 11.4. The molecular weight excluding hydrogens is 244 g/mol. The number of aldehydes is 1. The molecule has 0 saturated carbocycles. The van der Waals surface area contributed by atoms with Crippen molar-refractivity contribution in [2.75, 3.05) is 13.7 Å². The molecule has 3 nitrogen and oxygen atoms in total. The Labute approximate surface area is 113 Å². The van der Waals surface area contributed by atoms with Crippen LogP contribution in [0.1, 0.15) is 34.1 Å².